The Balaban J connectivity index is 1.81. The predicted molar refractivity (Wildman–Crippen MR) is 78.8 cm³/mol. The van der Waals surface area contributed by atoms with E-state index in [1.807, 2.05) is 17.5 Å². The van der Waals surface area contributed by atoms with Gasteiger partial charge in [0.15, 0.2) is 0 Å². The minimum atomic E-state index is -0.339. The van der Waals surface area contributed by atoms with Gasteiger partial charge < -0.3 is 20.3 Å². The number of nitrogens with one attached hydrogen (secondary N) is 2. The lowest BCUT2D eigenvalue weighted by atomic mass is 10.0. The molecule has 7 heteroatoms. The van der Waals surface area contributed by atoms with Crippen LogP contribution in [-0.2, 0) is 9.53 Å². The Labute approximate surface area is 126 Å². The van der Waals surface area contributed by atoms with Gasteiger partial charge in [-0.25, -0.2) is 4.79 Å². The zero-order valence-electron chi connectivity index (χ0n) is 11.7. The van der Waals surface area contributed by atoms with Crippen LogP contribution in [0.5, 0.6) is 0 Å². The molecular weight excluding hydrogens is 290 g/mol. The fourth-order valence-corrected chi connectivity index (χ4v) is 3.46. The molecule has 0 aliphatic carbocycles. The van der Waals surface area contributed by atoms with Gasteiger partial charge in [-0.2, -0.15) is 0 Å². The van der Waals surface area contributed by atoms with Crippen LogP contribution >= 0.6 is 11.3 Å². The normalized spacial score (nSPS) is 21.4. The van der Waals surface area contributed by atoms with Crippen molar-refractivity contribution in [3.8, 4) is 0 Å². The maximum Gasteiger partial charge on any atom is 0.319 e. The molecule has 3 amide bonds. The van der Waals surface area contributed by atoms with Crippen LogP contribution in [0.3, 0.4) is 0 Å². The second kappa shape index (κ2) is 5.87. The van der Waals surface area contributed by atoms with Crippen molar-refractivity contribution in [3.05, 3.63) is 33.7 Å². The monoisotopic (exact) mass is 307 g/mol. The largest absolute Gasteiger partial charge is 0.385 e. The molecule has 3 heterocycles. The van der Waals surface area contributed by atoms with Crippen LogP contribution in [0.25, 0.3) is 0 Å². The second-order valence-corrected chi connectivity index (χ2v) is 5.99. The minimum Gasteiger partial charge on any atom is -0.385 e. The van der Waals surface area contributed by atoms with E-state index in [0.29, 0.717) is 25.3 Å². The molecule has 0 radical (unpaired) electrons. The Morgan fingerprint density at radius 2 is 2.33 bits per heavy atom. The van der Waals surface area contributed by atoms with E-state index in [1.54, 1.807) is 12.0 Å². The van der Waals surface area contributed by atoms with Gasteiger partial charge in [-0.3, -0.25) is 4.79 Å². The molecule has 0 saturated heterocycles. The number of hydrogen-bond acceptors (Lipinski definition) is 4. The Bertz CT molecular complexity index is 582. The Morgan fingerprint density at radius 1 is 1.48 bits per heavy atom. The van der Waals surface area contributed by atoms with Crippen molar-refractivity contribution in [2.24, 2.45) is 0 Å². The highest BCUT2D eigenvalue weighted by Crippen LogP contribution is 2.34. The van der Waals surface area contributed by atoms with E-state index in [0.717, 1.165) is 17.0 Å². The summed E-state index contributed by atoms with van der Waals surface area (Å²) >= 11 is 1.54. The van der Waals surface area contributed by atoms with Crippen molar-refractivity contribution in [1.29, 1.82) is 0 Å². The van der Waals surface area contributed by atoms with Crippen LogP contribution in [0.15, 0.2) is 28.8 Å². The molecule has 0 bridgehead atoms. The number of amides is 3. The van der Waals surface area contributed by atoms with Gasteiger partial charge >= 0.3 is 6.03 Å². The summed E-state index contributed by atoms with van der Waals surface area (Å²) < 4.78 is 5.02. The van der Waals surface area contributed by atoms with Crippen molar-refractivity contribution in [2.45, 2.75) is 12.5 Å². The zero-order chi connectivity index (χ0) is 14.8. The summed E-state index contributed by atoms with van der Waals surface area (Å²) in [7, 11) is 1.64. The van der Waals surface area contributed by atoms with Crippen LogP contribution in [0.2, 0.25) is 0 Å². The van der Waals surface area contributed by atoms with E-state index in [2.05, 4.69) is 10.6 Å². The number of methoxy groups -OCH3 is 1. The topological polar surface area (TPSA) is 70.7 Å². The van der Waals surface area contributed by atoms with Crippen molar-refractivity contribution in [2.75, 3.05) is 26.8 Å². The van der Waals surface area contributed by atoms with Gasteiger partial charge in [-0.15, -0.1) is 11.3 Å². The van der Waals surface area contributed by atoms with Crippen LogP contribution in [-0.4, -0.2) is 43.6 Å². The predicted octanol–water partition coefficient (Wildman–Crippen LogP) is 1.23. The highest BCUT2D eigenvalue weighted by molar-refractivity contribution is 7.10. The number of urea groups is 1. The van der Waals surface area contributed by atoms with Gasteiger partial charge in [-0.1, -0.05) is 6.07 Å². The second-order valence-electron chi connectivity index (χ2n) is 5.01. The fraction of sp³-hybridized carbons (Fsp3) is 0.429. The first-order valence-corrected chi connectivity index (χ1v) is 7.71. The van der Waals surface area contributed by atoms with Gasteiger partial charge in [0.05, 0.1) is 23.9 Å². The first-order chi connectivity index (χ1) is 10.2. The van der Waals surface area contributed by atoms with Crippen LogP contribution in [0, 0.1) is 0 Å². The molecule has 3 rings (SSSR count). The quantitative estimate of drug-likeness (QED) is 0.804. The summed E-state index contributed by atoms with van der Waals surface area (Å²) in [6, 6.07) is 3.27. The smallest absolute Gasteiger partial charge is 0.319 e. The summed E-state index contributed by atoms with van der Waals surface area (Å²) in [5.74, 6) is -0.00740. The summed E-state index contributed by atoms with van der Waals surface area (Å²) in [6.45, 7) is 1.72. The Morgan fingerprint density at radius 3 is 3.05 bits per heavy atom. The lowest BCUT2D eigenvalue weighted by molar-refractivity contribution is -0.125. The van der Waals surface area contributed by atoms with E-state index in [-0.39, 0.29) is 18.0 Å². The molecule has 0 saturated carbocycles. The van der Waals surface area contributed by atoms with Crippen LogP contribution < -0.4 is 10.6 Å². The molecule has 0 spiro atoms. The maximum absolute atomic E-state index is 12.6. The molecular formula is C14H17N3O3S. The maximum atomic E-state index is 12.6. The Kier molecular flexibility index (Phi) is 3.94. The fourth-order valence-electron chi connectivity index (χ4n) is 2.68. The van der Waals surface area contributed by atoms with Crippen molar-refractivity contribution in [3.63, 3.8) is 0 Å². The third-order valence-electron chi connectivity index (χ3n) is 3.62. The Hall–Kier alpha value is -1.86. The van der Waals surface area contributed by atoms with E-state index in [4.69, 9.17) is 4.74 Å². The standard InChI is InChI=1S/C14H17N3O3S/c1-20-6-3-5-17-8-9-11(13(17)18)12(16-14(19)15-9)10-4-2-7-21-10/h2,4,7,12H,3,5-6,8H2,1H3,(H2,15,16,19)/t12-/m0/s1. The molecule has 2 aliphatic heterocycles. The molecule has 1 aromatic rings. The lowest BCUT2D eigenvalue weighted by Gasteiger charge is -2.24. The van der Waals surface area contributed by atoms with Gasteiger partial charge in [0.25, 0.3) is 5.91 Å². The van der Waals surface area contributed by atoms with E-state index in [1.165, 1.54) is 11.3 Å². The third kappa shape index (κ3) is 2.66. The summed E-state index contributed by atoms with van der Waals surface area (Å²) in [5, 5.41) is 7.54. The number of hydrogen-bond donors (Lipinski definition) is 2. The van der Waals surface area contributed by atoms with E-state index >= 15 is 0 Å². The zero-order valence-corrected chi connectivity index (χ0v) is 12.5. The van der Waals surface area contributed by atoms with Gasteiger partial charge in [0, 0.05) is 25.1 Å². The molecule has 0 fully saturated rings. The summed E-state index contributed by atoms with van der Waals surface area (Å²) in [5.41, 5.74) is 1.38. The van der Waals surface area contributed by atoms with Crippen LogP contribution in [0.4, 0.5) is 4.79 Å². The number of ether oxygens (including phenoxy) is 1. The molecule has 2 N–H and O–H groups in total. The van der Waals surface area contributed by atoms with E-state index in [9.17, 15) is 9.59 Å². The molecule has 112 valence electrons. The molecule has 1 aromatic heterocycles. The van der Waals surface area contributed by atoms with Gasteiger partial charge in [-0.05, 0) is 17.9 Å². The average Bonchev–Trinajstić information content (AvgIpc) is 3.08. The summed E-state index contributed by atoms with van der Waals surface area (Å²) in [4.78, 5) is 27.1. The molecule has 6 nitrogen and oxygen atoms in total. The minimum absolute atomic E-state index is 0.00740. The SMILES string of the molecule is COCCCN1CC2=C(C1=O)[C@H](c1cccs1)NC(=O)N2. The number of carbonyl (C=O) groups is 2. The van der Waals surface area contributed by atoms with Gasteiger partial charge in [0.2, 0.25) is 0 Å². The number of thiophene rings is 1. The molecule has 0 unspecified atom stereocenters. The number of rotatable bonds is 5. The highest BCUT2D eigenvalue weighted by atomic mass is 32.1. The van der Waals surface area contributed by atoms with E-state index < -0.39 is 0 Å². The first-order valence-electron chi connectivity index (χ1n) is 6.83. The third-order valence-corrected chi connectivity index (χ3v) is 4.56. The van der Waals surface area contributed by atoms with Crippen molar-refractivity contribution >= 4 is 23.3 Å². The highest BCUT2D eigenvalue weighted by Gasteiger charge is 2.40. The first kappa shape index (κ1) is 14.1. The number of carbonyl (C=O) groups excluding carboxylic acids is 2. The molecule has 2 aliphatic rings. The van der Waals surface area contributed by atoms with Crippen molar-refractivity contribution < 1.29 is 14.3 Å². The molecule has 21 heavy (non-hydrogen) atoms. The molecule has 1 atom stereocenters. The average molecular weight is 307 g/mol. The molecule has 0 aromatic carbocycles. The van der Waals surface area contributed by atoms with Crippen molar-refractivity contribution in [1.82, 2.24) is 15.5 Å². The summed E-state index contributed by atoms with van der Waals surface area (Å²) in [6.07, 6.45) is 0.786. The lowest BCUT2D eigenvalue weighted by Crippen LogP contribution is -2.44. The van der Waals surface area contributed by atoms with Gasteiger partial charge in [0.1, 0.15) is 0 Å². The van der Waals surface area contributed by atoms with Crippen LogP contribution in [0.1, 0.15) is 17.3 Å². The number of nitrogens with zero attached hydrogens (tertiary/aromatic N) is 1.